The van der Waals surface area contributed by atoms with Crippen LogP contribution in [0.3, 0.4) is 0 Å². The van der Waals surface area contributed by atoms with Crippen molar-refractivity contribution in [2.24, 2.45) is 5.73 Å². The molecule has 5 nitrogen and oxygen atoms in total. The first kappa shape index (κ1) is 14.0. The van der Waals surface area contributed by atoms with Gasteiger partial charge in [0.2, 0.25) is 5.91 Å². The van der Waals surface area contributed by atoms with Crippen LogP contribution in [0.4, 0.5) is 10.1 Å². The fourth-order valence-electron chi connectivity index (χ4n) is 3.03. The van der Waals surface area contributed by atoms with Crippen molar-refractivity contribution in [2.45, 2.75) is 12.1 Å². The van der Waals surface area contributed by atoms with Gasteiger partial charge in [-0.15, -0.1) is 0 Å². The third-order valence-electron chi connectivity index (χ3n) is 4.17. The molecule has 2 atom stereocenters. The van der Waals surface area contributed by atoms with Crippen molar-refractivity contribution < 1.29 is 18.7 Å². The minimum atomic E-state index is -0.750. The normalized spacial score (nSPS) is 22.7. The number of anilines is 1. The summed E-state index contributed by atoms with van der Waals surface area (Å²) in [5, 5.41) is 0. The van der Waals surface area contributed by atoms with E-state index in [2.05, 4.69) is 0 Å². The Balaban J connectivity index is 1.72. The van der Waals surface area contributed by atoms with Crippen LogP contribution in [0.2, 0.25) is 0 Å². The second kappa shape index (κ2) is 5.24. The van der Waals surface area contributed by atoms with E-state index < -0.39 is 12.1 Å². The summed E-state index contributed by atoms with van der Waals surface area (Å²) in [6.07, 6.45) is 0. The van der Waals surface area contributed by atoms with E-state index in [1.807, 2.05) is 0 Å². The Morgan fingerprint density at radius 2 is 1.83 bits per heavy atom. The van der Waals surface area contributed by atoms with Crippen LogP contribution in [0.25, 0.3) is 0 Å². The number of nitrogens with two attached hydrogens (primary N) is 1. The van der Waals surface area contributed by atoms with Crippen molar-refractivity contribution >= 4 is 11.6 Å². The summed E-state index contributed by atoms with van der Waals surface area (Å²) < 4.78 is 25.1. The maximum atomic E-state index is 14.1. The highest BCUT2D eigenvalue weighted by molar-refractivity contribution is 6.05. The van der Waals surface area contributed by atoms with Crippen LogP contribution >= 0.6 is 0 Å². The van der Waals surface area contributed by atoms with Gasteiger partial charge < -0.3 is 20.1 Å². The molecule has 0 radical (unpaired) electrons. The molecule has 2 aliphatic rings. The van der Waals surface area contributed by atoms with E-state index >= 15 is 0 Å². The van der Waals surface area contributed by atoms with Gasteiger partial charge in [-0.3, -0.25) is 4.79 Å². The summed E-state index contributed by atoms with van der Waals surface area (Å²) in [6.45, 7) is 0.957. The first-order chi connectivity index (χ1) is 11.2. The van der Waals surface area contributed by atoms with E-state index in [0.29, 0.717) is 36.0 Å². The summed E-state index contributed by atoms with van der Waals surface area (Å²) in [4.78, 5) is 13.7. The molecule has 118 valence electrons. The van der Waals surface area contributed by atoms with E-state index in [1.165, 1.54) is 11.0 Å². The van der Waals surface area contributed by atoms with Gasteiger partial charge >= 0.3 is 0 Å². The number of β-lactam (4-membered cyclic amide) rings is 1. The molecule has 23 heavy (non-hydrogen) atoms. The van der Waals surface area contributed by atoms with Gasteiger partial charge in [-0.2, -0.15) is 0 Å². The highest BCUT2D eigenvalue weighted by atomic mass is 19.1. The van der Waals surface area contributed by atoms with Crippen LogP contribution in [0.1, 0.15) is 11.6 Å². The maximum Gasteiger partial charge on any atom is 0.247 e. The first-order valence-corrected chi connectivity index (χ1v) is 7.39. The average molecular weight is 314 g/mol. The number of nitrogens with zero attached hydrogens (tertiary/aromatic N) is 1. The summed E-state index contributed by atoms with van der Waals surface area (Å²) >= 11 is 0. The topological polar surface area (TPSA) is 64.8 Å². The van der Waals surface area contributed by atoms with Gasteiger partial charge in [-0.05, 0) is 18.2 Å². The van der Waals surface area contributed by atoms with Crippen molar-refractivity contribution in [3.05, 3.63) is 53.8 Å². The molecule has 2 heterocycles. The van der Waals surface area contributed by atoms with Crippen molar-refractivity contribution in [3.8, 4) is 11.5 Å². The molecule has 0 unspecified atom stereocenters. The Hall–Kier alpha value is -2.60. The number of benzene rings is 2. The van der Waals surface area contributed by atoms with Gasteiger partial charge in [0.05, 0.1) is 6.04 Å². The zero-order valence-electron chi connectivity index (χ0n) is 12.2. The molecule has 0 bridgehead atoms. The third kappa shape index (κ3) is 2.14. The molecular formula is C17H15FN2O3. The molecule has 2 aromatic carbocycles. The summed E-state index contributed by atoms with van der Waals surface area (Å²) in [5.74, 6) is 0.604. The second-order valence-corrected chi connectivity index (χ2v) is 5.53. The summed E-state index contributed by atoms with van der Waals surface area (Å²) in [6, 6.07) is 10.3. The number of hydrogen-bond acceptors (Lipinski definition) is 4. The number of hydrogen-bond donors (Lipinski definition) is 1. The largest absolute Gasteiger partial charge is 0.486 e. The van der Waals surface area contributed by atoms with Gasteiger partial charge in [-0.25, -0.2) is 4.39 Å². The number of carbonyl (C=O) groups is 1. The monoisotopic (exact) mass is 314 g/mol. The fourth-order valence-corrected chi connectivity index (χ4v) is 3.03. The van der Waals surface area contributed by atoms with Crippen LogP contribution in [-0.4, -0.2) is 25.2 Å². The van der Waals surface area contributed by atoms with E-state index in [0.717, 1.165) is 0 Å². The molecule has 6 heteroatoms. The number of rotatable bonds is 2. The Bertz CT molecular complexity index is 780. The molecule has 4 rings (SSSR count). The SMILES string of the molecule is N[C@@H]1C(=O)N(c2ccc3c(c2)OCCO3)[C@@H]1c1ccccc1F. The van der Waals surface area contributed by atoms with Crippen molar-refractivity contribution in [1.29, 1.82) is 0 Å². The number of fused-ring (bicyclic) bond motifs is 1. The Labute approximate surface area is 132 Å². The zero-order valence-corrected chi connectivity index (χ0v) is 12.2. The molecule has 0 aromatic heterocycles. The zero-order chi connectivity index (χ0) is 16.0. The lowest BCUT2D eigenvalue weighted by Crippen LogP contribution is -2.63. The van der Waals surface area contributed by atoms with Gasteiger partial charge in [-0.1, -0.05) is 18.2 Å². The molecule has 2 aromatic rings. The standard InChI is InChI=1S/C17H15FN2O3/c18-12-4-2-1-3-11(12)16-15(19)17(21)20(16)10-5-6-13-14(9-10)23-8-7-22-13/h1-6,9,15-16H,7-8,19H2/t15-,16+/m0/s1. The summed E-state index contributed by atoms with van der Waals surface area (Å²) in [5.41, 5.74) is 6.95. The van der Waals surface area contributed by atoms with Crippen LogP contribution in [0.15, 0.2) is 42.5 Å². The molecule has 0 aliphatic carbocycles. The number of ether oxygens (including phenoxy) is 2. The third-order valence-corrected chi connectivity index (χ3v) is 4.17. The Kier molecular flexibility index (Phi) is 3.20. The van der Waals surface area contributed by atoms with Gasteiger partial charge in [0.25, 0.3) is 0 Å². The van der Waals surface area contributed by atoms with Gasteiger partial charge in [0.1, 0.15) is 25.1 Å². The summed E-state index contributed by atoms with van der Waals surface area (Å²) in [7, 11) is 0. The lowest BCUT2D eigenvalue weighted by atomic mass is 9.88. The van der Waals surface area contributed by atoms with Crippen LogP contribution < -0.4 is 20.1 Å². The Morgan fingerprint density at radius 1 is 1.09 bits per heavy atom. The maximum absolute atomic E-state index is 14.1. The molecule has 0 spiro atoms. The molecule has 2 N–H and O–H groups in total. The van der Waals surface area contributed by atoms with E-state index in [1.54, 1.807) is 36.4 Å². The fraction of sp³-hybridized carbons (Fsp3) is 0.235. The molecule has 1 saturated heterocycles. The van der Waals surface area contributed by atoms with E-state index in [4.69, 9.17) is 15.2 Å². The van der Waals surface area contributed by atoms with Gasteiger partial charge in [0, 0.05) is 17.3 Å². The smallest absolute Gasteiger partial charge is 0.247 e. The number of amides is 1. The van der Waals surface area contributed by atoms with Crippen molar-refractivity contribution in [2.75, 3.05) is 18.1 Å². The quantitative estimate of drug-likeness (QED) is 0.861. The molecular weight excluding hydrogens is 299 g/mol. The van der Waals surface area contributed by atoms with Crippen LogP contribution in [-0.2, 0) is 4.79 Å². The average Bonchev–Trinajstić information content (AvgIpc) is 2.59. The lowest BCUT2D eigenvalue weighted by molar-refractivity contribution is -0.126. The van der Waals surface area contributed by atoms with Crippen LogP contribution in [0.5, 0.6) is 11.5 Å². The predicted molar refractivity (Wildman–Crippen MR) is 82.0 cm³/mol. The highest BCUT2D eigenvalue weighted by Gasteiger charge is 2.47. The number of halogens is 1. The van der Waals surface area contributed by atoms with Gasteiger partial charge in [0.15, 0.2) is 11.5 Å². The van der Waals surface area contributed by atoms with Crippen LogP contribution in [0, 0.1) is 5.82 Å². The minimum absolute atomic E-state index is 0.241. The van der Waals surface area contributed by atoms with Crippen molar-refractivity contribution in [3.63, 3.8) is 0 Å². The lowest BCUT2D eigenvalue weighted by Gasteiger charge is -2.45. The molecule has 1 fully saturated rings. The second-order valence-electron chi connectivity index (χ2n) is 5.53. The van der Waals surface area contributed by atoms with E-state index in [9.17, 15) is 9.18 Å². The molecule has 2 aliphatic heterocycles. The minimum Gasteiger partial charge on any atom is -0.486 e. The Morgan fingerprint density at radius 3 is 2.61 bits per heavy atom. The number of carbonyl (C=O) groups excluding carboxylic acids is 1. The molecule has 0 saturated carbocycles. The first-order valence-electron chi connectivity index (χ1n) is 7.39. The van der Waals surface area contributed by atoms with Crippen molar-refractivity contribution in [1.82, 2.24) is 0 Å². The molecule has 1 amide bonds. The predicted octanol–water partition coefficient (Wildman–Crippen LogP) is 2.01. The highest BCUT2D eigenvalue weighted by Crippen LogP contribution is 2.42. The van der Waals surface area contributed by atoms with E-state index in [-0.39, 0.29) is 11.7 Å².